The number of rotatable bonds is 11. The maximum Gasteiger partial charge on any atom is 0.160 e. The predicted octanol–water partition coefficient (Wildman–Crippen LogP) is 28.8. The number of fused-ring (bicyclic) bond motifs is 11. The highest BCUT2D eigenvalue weighted by molar-refractivity contribution is 6.29. The summed E-state index contributed by atoms with van der Waals surface area (Å²) in [4.78, 5) is 20.7. The summed E-state index contributed by atoms with van der Waals surface area (Å²) in [5, 5.41) is 31.1. The molecular weight excluding hydrogens is 1420 g/mol. The van der Waals surface area contributed by atoms with E-state index in [-0.39, 0.29) is 0 Å². The van der Waals surface area contributed by atoms with Crippen molar-refractivity contribution in [1.29, 1.82) is 10.5 Å². The van der Waals surface area contributed by atoms with E-state index in [0.29, 0.717) is 22.8 Å². The van der Waals surface area contributed by atoms with Gasteiger partial charge in [0.2, 0.25) is 0 Å². The van der Waals surface area contributed by atoms with Gasteiger partial charge in [0.05, 0.1) is 46.0 Å². The molecule has 23 rings (SSSR count). The molecule has 0 aliphatic heterocycles. The molecule has 2 aliphatic rings. The molecule has 7 nitrogen and oxygen atoms in total. The van der Waals surface area contributed by atoms with E-state index in [9.17, 15) is 10.5 Å². The van der Waals surface area contributed by atoms with Gasteiger partial charge in [-0.2, -0.15) is 10.5 Å². The summed E-state index contributed by atoms with van der Waals surface area (Å²) in [6, 6.07) is 141. The molecule has 0 saturated carbocycles. The van der Waals surface area contributed by atoms with Crippen LogP contribution in [-0.2, 0) is 0 Å². The minimum atomic E-state index is 0.641. The van der Waals surface area contributed by atoms with Crippen LogP contribution in [-0.4, -0.2) is 19.9 Å². The zero-order valence-electron chi connectivity index (χ0n) is 63.0. The molecule has 0 N–H and O–H groups in total. The lowest BCUT2D eigenvalue weighted by Gasteiger charge is -2.21. The molecule has 0 radical (unpaired) electrons. The smallest absolute Gasteiger partial charge is 0.160 e. The molecule has 21 aromatic rings. The quantitative estimate of drug-likeness (QED) is 0.119. The number of hydrogen-bond donors (Lipinski definition) is 0. The Hall–Kier alpha value is -16.1. The Balaban J connectivity index is 0.000000151. The van der Waals surface area contributed by atoms with Crippen molar-refractivity contribution in [3.8, 4) is 180 Å². The van der Waals surface area contributed by atoms with Crippen LogP contribution in [0.1, 0.15) is 11.1 Å². The molecule has 2 aliphatic carbocycles. The number of furan rings is 1. The van der Waals surface area contributed by atoms with E-state index in [4.69, 9.17) is 24.4 Å². The van der Waals surface area contributed by atoms with Gasteiger partial charge >= 0.3 is 0 Å². The normalized spacial score (nSPS) is 11.6. The van der Waals surface area contributed by atoms with Gasteiger partial charge in [0.15, 0.2) is 11.6 Å². The van der Waals surface area contributed by atoms with Crippen LogP contribution in [0.15, 0.2) is 393 Å². The average molecular weight is 1490 g/mol. The van der Waals surface area contributed by atoms with Gasteiger partial charge in [-0.1, -0.05) is 334 Å². The molecule has 0 unspecified atom stereocenters. The summed E-state index contributed by atoms with van der Waals surface area (Å²) in [6.07, 6.45) is 0. The molecular formula is C110H64N6O. The molecule has 0 bridgehead atoms. The van der Waals surface area contributed by atoms with E-state index in [0.717, 1.165) is 150 Å². The monoisotopic (exact) mass is 1480 g/mol. The maximum absolute atomic E-state index is 9.73. The number of benzene rings is 18. The first kappa shape index (κ1) is 67.8. The molecule has 0 saturated heterocycles. The number of nitrogens with zero attached hydrogens (tertiary/aromatic N) is 6. The minimum absolute atomic E-state index is 0.641. The van der Waals surface area contributed by atoms with Crippen molar-refractivity contribution in [3.05, 3.63) is 399 Å². The second-order valence-corrected chi connectivity index (χ2v) is 29.9. The van der Waals surface area contributed by atoms with Crippen molar-refractivity contribution in [2.75, 3.05) is 0 Å². The summed E-state index contributed by atoms with van der Waals surface area (Å²) < 4.78 is 6.14. The topological polar surface area (TPSA) is 112 Å². The minimum Gasteiger partial charge on any atom is -0.456 e. The average Bonchev–Trinajstić information content (AvgIpc) is 1.59. The Morgan fingerprint density at radius 1 is 0.188 bits per heavy atom. The third-order valence-corrected chi connectivity index (χ3v) is 23.4. The lowest BCUT2D eigenvalue weighted by molar-refractivity contribution is 0.669. The van der Waals surface area contributed by atoms with Gasteiger partial charge in [-0.05, 0) is 198 Å². The fourth-order valence-corrected chi connectivity index (χ4v) is 18.0. The summed E-state index contributed by atoms with van der Waals surface area (Å²) in [5.74, 6) is 1.37. The molecule has 0 spiro atoms. The van der Waals surface area contributed by atoms with Crippen molar-refractivity contribution in [1.82, 2.24) is 19.9 Å². The lowest BCUT2D eigenvalue weighted by atomic mass is 9.83. The Morgan fingerprint density at radius 3 is 1.03 bits per heavy atom. The third-order valence-electron chi connectivity index (χ3n) is 23.4. The molecule has 3 aromatic heterocycles. The second kappa shape index (κ2) is 28.0. The van der Waals surface area contributed by atoms with Crippen LogP contribution in [0.2, 0.25) is 0 Å². The predicted molar refractivity (Wildman–Crippen MR) is 479 cm³/mol. The molecule has 0 atom stereocenters. The number of hydrogen-bond acceptors (Lipinski definition) is 7. The van der Waals surface area contributed by atoms with Gasteiger partial charge in [0.25, 0.3) is 0 Å². The Morgan fingerprint density at radius 2 is 0.530 bits per heavy atom. The van der Waals surface area contributed by atoms with Gasteiger partial charge in [0.1, 0.15) is 11.2 Å². The fraction of sp³-hybridized carbons (Fsp3) is 0. The van der Waals surface area contributed by atoms with Crippen LogP contribution >= 0.6 is 0 Å². The van der Waals surface area contributed by atoms with Crippen molar-refractivity contribution >= 4 is 65.0 Å². The van der Waals surface area contributed by atoms with Gasteiger partial charge < -0.3 is 4.42 Å². The van der Waals surface area contributed by atoms with Gasteiger partial charge in [0, 0.05) is 44.2 Å². The van der Waals surface area contributed by atoms with E-state index in [1.165, 1.54) is 71.6 Å². The van der Waals surface area contributed by atoms with Gasteiger partial charge in [-0.3, -0.25) is 0 Å². The first-order valence-electron chi connectivity index (χ1n) is 39.3. The van der Waals surface area contributed by atoms with Crippen molar-refractivity contribution in [2.45, 2.75) is 0 Å². The highest BCUT2D eigenvalue weighted by Gasteiger charge is 2.30. The first-order valence-corrected chi connectivity index (χ1v) is 39.3. The highest BCUT2D eigenvalue weighted by atomic mass is 16.3. The maximum atomic E-state index is 9.73. The molecule has 0 fully saturated rings. The Bertz CT molecular complexity index is 7560. The Labute approximate surface area is 675 Å². The molecule has 3 heterocycles. The summed E-state index contributed by atoms with van der Waals surface area (Å²) in [7, 11) is 0. The van der Waals surface area contributed by atoms with Crippen LogP contribution in [0.5, 0.6) is 0 Å². The highest BCUT2D eigenvalue weighted by Crippen LogP contribution is 2.56. The second-order valence-electron chi connectivity index (χ2n) is 29.9. The zero-order valence-corrected chi connectivity index (χ0v) is 63.0. The molecule has 540 valence electrons. The summed E-state index contributed by atoms with van der Waals surface area (Å²) >= 11 is 0. The van der Waals surface area contributed by atoms with E-state index in [1.54, 1.807) is 0 Å². The molecule has 7 heteroatoms. The van der Waals surface area contributed by atoms with Gasteiger partial charge in [-0.15, -0.1) is 0 Å². The third kappa shape index (κ3) is 11.6. The molecule has 0 amide bonds. The molecule has 18 aromatic carbocycles. The van der Waals surface area contributed by atoms with Crippen molar-refractivity contribution in [2.24, 2.45) is 0 Å². The van der Waals surface area contributed by atoms with E-state index in [1.807, 2.05) is 97.1 Å². The first-order chi connectivity index (χ1) is 57.9. The molecule has 117 heavy (non-hydrogen) atoms. The lowest BCUT2D eigenvalue weighted by Crippen LogP contribution is -1.98. The number of para-hydroxylation sites is 1. The largest absolute Gasteiger partial charge is 0.456 e. The van der Waals surface area contributed by atoms with Crippen LogP contribution in [0.25, 0.3) is 233 Å². The fourth-order valence-electron chi connectivity index (χ4n) is 18.0. The van der Waals surface area contributed by atoms with E-state index >= 15 is 0 Å². The van der Waals surface area contributed by atoms with Crippen molar-refractivity contribution < 1.29 is 4.42 Å². The van der Waals surface area contributed by atoms with Crippen LogP contribution in [0, 0.1) is 22.7 Å². The standard InChI is InChI=1S/C65H37N3O.C45H27N3/c66-38-39-22-24-41(25-23-39)45-31-32-53-46-14-4-5-15-47(46)54-33-34-55(63(45)64(53)54)61-49-17-6-8-19-51(49)62(52-20-9-7-18-50(52)61)58-37-57(67-65(68-58)43-12-2-1-3-13-43)42-28-26-40(27-29-42)44-30-35-60-56(36-44)48-16-10-11-21-59(48)69-60;46-28-29-10-9-15-34(26-29)36-23-25-40-38-17-8-7-16-37(38)39-24-22-35(43(36)44(39)40)30-18-20-32(21-19-30)42-27-41(31-11-3-1-4-12-31)47-45(48-42)33-13-5-2-6-14-33/h1-37H;1-27H. The van der Waals surface area contributed by atoms with Crippen LogP contribution < -0.4 is 0 Å². The number of aromatic nitrogens is 4. The summed E-state index contributed by atoms with van der Waals surface area (Å²) in [5.41, 5.74) is 33.8. The number of nitriles is 2. The van der Waals surface area contributed by atoms with Crippen LogP contribution in [0.4, 0.5) is 0 Å². The van der Waals surface area contributed by atoms with Gasteiger partial charge in [-0.25, -0.2) is 19.9 Å². The summed E-state index contributed by atoms with van der Waals surface area (Å²) in [6.45, 7) is 0. The van der Waals surface area contributed by atoms with Crippen molar-refractivity contribution in [3.63, 3.8) is 0 Å². The van der Waals surface area contributed by atoms with E-state index in [2.05, 4.69) is 303 Å². The zero-order chi connectivity index (χ0) is 77.6. The SMILES string of the molecule is N#Cc1ccc(-c2ccc3c4c(ccc(-c5c6ccccc6c(-c6cc(-c7ccc(-c8ccc9oc%10ccccc%10c9c8)cc7)nc(-c7ccccc7)n6)c6ccccc56)c24)-c2ccccc2-3)cc1.N#Cc1cccc(-c2ccc3c4c(ccc(-c5ccc(-c6cc(-c7ccccc7)nc(-c7ccccc7)n6)cc5)c24)-c2ccccc2-3)c1. The van der Waals surface area contributed by atoms with Crippen LogP contribution in [0.3, 0.4) is 0 Å². The Kier molecular flexibility index (Phi) is 16.2. The van der Waals surface area contributed by atoms with E-state index < -0.39 is 0 Å².